The first-order valence-electron chi connectivity index (χ1n) is 6.54. The monoisotopic (exact) mass is 250 g/mol. The molecular formula is C13H22N4O. The Kier molecular flexibility index (Phi) is 3.71. The smallest absolute Gasteiger partial charge is 0.240 e. The van der Waals surface area contributed by atoms with Gasteiger partial charge in [-0.3, -0.25) is 9.48 Å². The van der Waals surface area contributed by atoms with E-state index in [2.05, 4.69) is 15.7 Å². The number of aromatic nitrogens is 2. The van der Waals surface area contributed by atoms with E-state index in [4.69, 9.17) is 0 Å². The summed E-state index contributed by atoms with van der Waals surface area (Å²) in [7, 11) is 1.91. The van der Waals surface area contributed by atoms with Gasteiger partial charge in [-0.15, -0.1) is 0 Å². The Morgan fingerprint density at radius 3 is 2.94 bits per heavy atom. The molecule has 1 atom stereocenters. The van der Waals surface area contributed by atoms with Gasteiger partial charge in [-0.1, -0.05) is 0 Å². The molecule has 1 fully saturated rings. The van der Waals surface area contributed by atoms with Crippen LogP contribution in [0, 0.1) is 6.92 Å². The second kappa shape index (κ2) is 5.10. The van der Waals surface area contributed by atoms with Crippen LogP contribution in [0.4, 0.5) is 0 Å². The number of amides is 1. The number of nitrogens with one attached hydrogen (secondary N) is 2. The van der Waals surface area contributed by atoms with E-state index in [1.807, 2.05) is 31.8 Å². The minimum absolute atomic E-state index is 0.0884. The van der Waals surface area contributed by atoms with Gasteiger partial charge in [0.2, 0.25) is 5.91 Å². The van der Waals surface area contributed by atoms with Crippen molar-refractivity contribution >= 4 is 5.91 Å². The van der Waals surface area contributed by atoms with E-state index in [1.54, 1.807) is 0 Å². The van der Waals surface area contributed by atoms with Crippen molar-refractivity contribution in [3.8, 4) is 0 Å². The zero-order chi connectivity index (χ0) is 13.2. The molecule has 1 amide bonds. The Bertz CT molecular complexity index is 432. The van der Waals surface area contributed by atoms with Crippen molar-refractivity contribution in [2.24, 2.45) is 7.05 Å². The summed E-state index contributed by atoms with van der Waals surface area (Å²) < 4.78 is 1.82. The largest absolute Gasteiger partial charge is 0.350 e. The summed E-state index contributed by atoms with van der Waals surface area (Å²) in [6.07, 6.45) is 4.99. The van der Waals surface area contributed by atoms with Crippen LogP contribution in [-0.4, -0.2) is 27.8 Å². The number of aryl methyl sites for hydroxylation is 1. The average molecular weight is 250 g/mol. The summed E-state index contributed by atoms with van der Waals surface area (Å²) in [6.45, 7) is 5.47. The van der Waals surface area contributed by atoms with Crippen LogP contribution in [0.15, 0.2) is 6.20 Å². The summed E-state index contributed by atoms with van der Waals surface area (Å²) in [6, 6.07) is 0. The standard InChI is InChI=1S/C13H22N4O/c1-10-11(9-16-17(10)3)8-14-12(18)13(2)6-4-5-7-15-13/h9,15H,4-8H2,1-3H3,(H,14,18). The summed E-state index contributed by atoms with van der Waals surface area (Å²) in [5.74, 6) is 0.0884. The minimum atomic E-state index is -0.408. The molecule has 1 saturated heterocycles. The molecule has 2 heterocycles. The lowest BCUT2D eigenvalue weighted by atomic mass is 9.90. The van der Waals surface area contributed by atoms with Gasteiger partial charge >= 0.3 is 0 Å². The zero-order valence-corrected chi connectivity index (χ0v) is 11.4. The second-order valence-corrected chi connectivity index (χ2v) is 5.28. The molecule has 0 saturated carbocycles. The molecule has 5 heteroatoms. The van der Waals surface area contributed by atoms with Crippen molar-refractivity contribution in [3.05, 3.63) is 17.5 Å². The van der Waals surface area contributed by atoms with Crippen LogP contribution in [0.5, 0.6) is 0 Å². The van der Waals surface area contributed by atoms with Crippen molar-refractivity contribution < 1.29 is 4.79 Å². The number of hydrogen-bond donors (Lipinski definition) is 2. The third kappa shape index (κ3) is 2.56. The third-order valence-corrected chi connectivity index (χ3v) is 3.90. The van der Waals surface area contributed by atoms with Gasteiger partial charge in [-0.2, -0.15) is 5.10 Å². The summed E-state index contributed by atoms with van der Waals surface area (Å²) in [4.78, 5) is 12.2. The predicted octanol–water partition coefficient (Wildman–Crippen LogP) is 0.877. The fraction of sp³-hybridized carbons (Fsp3) is 0.692. The van der Waals surface area contributed by atoms with Crippen LogP contribution >= 0.6 is 0 Å². The van der Waals surface area contributed by atoms with Gasteiger partial charge in [0, 0.05) is 24.8 Å². The highest BCUT2D eigenvalue weighted by Gasteiger charge is 2.33. The first kappa shape index (κ1) is 13.1. The molecule has 1 unspecified atom stereocenters. The number of carbonyl (C=O) groups excluding carboxylic acids is 1. The van der Waals surface area contributed by atoms with Gasteiger partial charge in [-0.05, 0) is 39.7 Å². The normalized spacial score (nSPS) is 23.9. The van der Waals surface area contributed by atoms with Gasteiger partial charge < -0.3 is 10.6 Å². The highest BCUT2D eigenvalue weighted by atomic mass is 16.2. The molecule has 0 aliphatic carbocycles. The second-order valence-electron chi connectivity index (χ2n) is 5.28. The van der Waals surface area contributed by atoms with Crippen molar-refractivity contribution in [1.82, 2.24) is 20.4 Å². The van der Waals surface area contributed by atoms with Crippen LogP contribution in [0.3, 0.4) is 0 Å². The van der Waals surface area contributed by atoms with Gasteiger partial charge in [0.25, 0.3) is 0 Å². The lowest BCUT2D eigenvalue weighted by Gasteiger charge is -2.33. The molecule has 1 aliphatic rings. The molecule has 0 bridgehead atoms. The molecule has 0 radical (unpaired) electrons. The number of hydrogen-bond acceptors (Lipinski definition) is 3. The van der Waals surface area contributed by atoms with E-state index in [-0.39, 0.29) is 5.91 Å². The molecular weight excluding hydrogens is 228 g/mol. The first-order valence-corrected chi connectivity index (χ1v) is 6.54. The van der Waals surface area contributed by atoms with Crippen LogP contribution in [0.1, 0.15) is 37.4 Å². The number of rotatable bonds is 3. The molecule has 2 rings (SSSR count). The molecule has 2 N–H and O–H groups in total. The molecule has 100 valence electrons. The van der Waals surface area contributed by atoms with Crippen LogP contribution < -0.4 is 10.6 Å². The Labute approximate surface area is 108 Å². The molecule has 1 aromatic heterocycles. The predicted molar refractivity (Wildman–Crippen MR) is 70.1 cm³/mol. The molecule has 0 spiro atoms. The van der Waals surface area contributed by atoms with Crippen molar-refractivity contribution in [2.45, 2.75) is 45.2 Å². The van der Waals surface area contributed by atoms with Crippen LogP contribution in [0.2, 0.25) is 0 Å². The van der Waals surface area contributed by atoms with Crippen LogP contribution in [0.25, 0.3) is 0 Å². The van der Waals surface area contributed by atoms with Gasteiger partial charge in [0.1, 0.15) is 0 Å². The molecule has 1 aromatic rings. The van der Waals surface area contributed by atoms with E-state index in [0.29, 0.717) is 6.54 Å². The summed E-state index contributed by atoms with van der Waals surface area (Å²) in [5.41, 5.74) is 1.76. The van der Waals surface area contributed by atoms with Crippen molar-refractivity contribution in [2.75, 3.05) is 6.54 Å². The van der Waals surface area contributed by atoms with Crippen LogP contribution in [-0.2, 0) is 18.4 Å². The maximum Gasteiger partial charge on any atom is 0.240 e. The Balaban J connectivity index is 1.93. The summed E-state index contributed by atoms with van der Waals surface area (Å²) >= 11 is 0. The Morgan fingerprint density at radius 2 is 2.39 bits per heavy atom. The first-order chi connectivity index (χ1) is 8.53. The maximum atomic E-state index is 12.2. The maximum absolute atomic E-state index is 12.2. The SMILES string of the molecule is Cc1c(CNC(=O)C2(C)CCCCN2)cnn1C. The van der Waals surface area contributed by atoms with E-state index < -0.39 is 5.54 Å². The number of carbonyl (C=O) groups is 1. The molecule has 18 heavy (non-hydrogen) atoms. The Hall–Kier alpha value is -1.36. The van der Waals surface area contributed by atoms with Gasteiger partial charge in [0.05, 0.1) is 11.7 Å². The average Bonchev–Trinajstić information content (AvgIpc) is 2.68. The lowest BCUT2D eigenvalue weighted by molar-refractivity contribution is -0.128. The fourth-order valence-corrected chi connectivity index (χ4v) is 2.34. The highest BCUT2D eigenvalue weighted by molar-refractivity contribution is 5.85. The highest BCUT2D eigenvalue weighted by Crippen LogP contribution is 2.19. The summed E-state index contributed by atoms with van der Waals surface area (Å²) in [5, 5.41) is 10.5. The third-order valence-electron chi connectivity index (χ3n) is 3.90. The molecule has 0 aromatic carbocycles. The number of piperidine rings is 1. The number of nitrogens with zero attached hydrogens (tertiary/aromatic N) is 2. The van der Waals surface area contributed by atoms with E-state index in [9.17, 15) is 4.79 Å². The van der Waals surface area contributed by atoms with E-state index in [1.165, 1.54) is 0 Å². The fourth-order valence-electron chi connectivity index (χ4n) is 2.34. The van der Waals surface area contributed by atoms with E-state index >= 15 is 0 Å². The zero-order valence-electron chi connectivity index (χ0n) is 11.4. The Morgan fingerprint density at radius 1 is 1.61 bits per heavy atom. The molecule has 5 nitrogen and oxygen atoms in total. The van der Waals surface area contributed by atoms with Gasteiger partial charge in [-0.25, -0.2) is 0 Å². The van der Waals surface area contributed by atoms with Crippen molar-refractivity contribution in [3.63, 3.8) is 0 Å². The minimum Gasteiger partial charge on any atom is -0.350 e. The quantitative estimate of drug-likeness (QED) is 0.837. The van der Waals surface area contributed by atoms with E-state index in [0.717, 1.165) is 37.1 Å². The molecule has 1 aliphatic heterocycles. The lowest BCUT2D eigenvalue weighted by Crippen LogP contribution is -2.56. The van der Waals surface area contributed by atoms with Crippen molar-refractivity contribution in [1.29, 1.82) is 0 Å². The topological polar surface area (TPSA) is 59.0 Å². The van der Waals surface area contributed by atoms with Gasteiger partial charge in [0.15, 0.2) is 0 Å².